The third-order valence-corrected chi connectivity index (χ3v) is 4.65. The molecule has 0 aliphatic heterocycles. The quantitative estimate of drug-likeness (QED) is 0.540. The topological polar surface area (TPSA) is 91.6 Å². The molecule has 1 heterocycles. The summed E-state index contributed by atoms with van der Waals surface area (Å²) in [5.41, 5.74) is 1.87. The molecule has 3 rings (SSSR count). The fourth-order valence-corrected chi connectivity index (χ4v) is 2.82. The molecule has 0 radical (unpaired) electrons. The zero-order valence-electron chi connectivity index (χ0n) is 16.7. The van der Waals surface area contributed by atoms with Crippen molar-refractivity contribution in [2.45, 2.75) is 13.8 Å². The molecule has 0 aliphatic carbocycles. The number of carboxylic acid groups (broad SMARTS) is 2. The van der Waals surface area contributed by atoms with E-state index in [9.17, 15) is 19.8 Å². The van der Waals surface area contributed by atoms with Crippen LogP contribution in [-0.2, 0) is 4.79 Å². The molecule has 6 nitrogen and oxygen atoms in total. The van der Waals surface area contributed by atoms with Crippen molar-refractivity contribution in [2.75, 3.05) is 11.9 Å². The first kappa shape index (κ1) is 20.7. The molecule has 152 valence electrons. The molecule has 2 aromatic carbocycles. The number of aromatic nitrogens is 1. The van der Waals surface area contributed by atoms with Crippen molar-refractivity contribution < 1.29 is 19.8 Å². The Kier molecular flexibility index (Phi) is 5.93. The van der Waals surface area contributed by atoms with Crippen LogP contribution in [0.25, 0.3) is 5.69 Å². The van der Waals surface area contributed by atoms with Crippen molar-refractivity contribution in [2.24, 2.45) is 5.41 Å². The fourth-order valence-electron chi connectivity index (χ4n) is 2.82. The summed E-state index contributed by atoms with van der Waals surface area (Å²) in [5, 5.41) is 21.9. The molecule has 0 unspecified atom stereocenters. The van der Waals surface area contributed by atoms with E-state index in [2.05, 4.69) is 17.2 Å². The summed E-state index contributed by atoms with van der Waals surface area (Å²) in [6.45, 7) is 3.59. The minimum atomic E-state index is -1.02. The van der Waals surface area contributed by atoms with Crippen LogP contribution in [0.3, 0.4) is 0 Å². The maximum atomic E-state index is 11.7. The average molecular weight is 402 g/mol. The molecular weight excluding hydrogens is 380 g/mol. The number of carboxylic acids is 2. The third-order valence-electron chi connectivity index (χ3n) is 4.65. The van der Waals surface area contributed by atoms with E-state index in [1.165, 1.54) is 0 Å². The van der Waals surface area contributed by atoms with Gasteiger partial charge in [-0.15, -0.1) is 0 Å². The maximum absolute atomic E-state index is 11.7. The molecule has 3 N–H and O–H groups in total. The van der Waals surface area contributed by atoms with Crippen molar-refractivity contribution in [3.05, 3.63) is 83.7 Å². The summed E-state index contributed by atoms with van der Waals surface area (Å²) in [6, 6.07) is 16.0. The Morgan fingerprint density at radius 3 is 2.37 bits per heavy atom. The summed E-state index contributed by atoms with van der Waals surface area (Å²) >= 11 is 0. The largest absolute Gasteiger partial charge is 0.481 e. The summed E-state index contributed by atoms with van der Waals surface area (Å²) in [6.07, 6.45) is 3.56. The number of nitrogens with zero attached hydrogens (tertiary/aromatic N) is 1. The summed E-state index contributed by atoms with van der Waals surface area (Å²) in [7, 11) is 0. The van der Waals surface area contributed by atoms with E-state index in [0.717, 1.165) is 11.3 Å². The minimum Gasteiger partial charge on any atom is -0.481 e. The molecule has 30 heavy (non-hydrogen) atoms. The van der Waals surface area contributed by atoms with Crippen LogP contribution >= 0.6 is 0 Å². The number of aliphatic carboxylic acids is 1. The maximum Gasteiger partial charge on any atom is 0.337 e. The Morgan fingerprint density at radius 1 is 1.00 bits per heavy atom. The van der Waals surface area contributed by atoms with Crippen LogP contribution in [-0.4, -0.2) is 33.3 Å². The van der Waals surface area contributed by atoms with Crippen LogP contribution in [0.2, 0.25) is 0 Å². The van der Waals surface area contributed by atoms with Gasteiger partial charge in [0.05, 0.1) is 16.7 Å². The first-order valence-electron chi connectivity index (χ1n) is 9.37. The highest BCUT2D eigenvalue weighted by atomic mass is 16.4. The second kappa shape index (κ2) is 8.58. The zero-order chi connectivity index (χ0) is 21.7. The lowest BCUT2D eigenvalue weighted by Gasteiger charge is -2.20. The van der Waals surface area contributed by atoms with Crippen LogP contribution in [0.5, 0.6) is 0 Å². The van der Waals surface area contributed by atoms with Crippen molar-refractivity contribution in [3.63, 3.8) is 0 Å². The highest BCUT2D eigenvalue weighted by molar-refractivity contribution is 5.93. The van der Waals surface area contributed by atoms with Crippen LogP contribution < -0.4 is 5.32 Å². The highest BCUT2D eigenvalue weighted by Crippen LogP contribution is 2.21. The summed E-state index contributed by atoms with van der Waals surface area (Å²) in [4.78, 5) is 22.9. The lowest BCUT2D eigenvalue weighted by atomic mass is 9.94. The van der Waals surface area contributed by atoms with Crippen LogP contribution in [0, 0.1) is 17.3 Å². The van der Waals surface area contributed by atoms with E-state index in [1.807, 2.05) is 36.4 Å². The van der Waals surface area contributed by atoms with Crippen molar-refractivity contribution in [1.82, 2.24) is 4.57 Å². The molecular formula is C24H22N2O4. The van der Waals surface area contributed by atoms with Gasteiger partial charge in [-0.2, -0.15) is 0 Å². The van der Waals surface area contributed by atoms with Gasteiger partial charge in [-0.25, -0.2) is 4.79 Å². The van der Waals surface area contributed by atoms with E-state index >= 15 is 0 Å². The monoisotopic (exact) mass is 402 g/mol. The van der Waals surface area contributed by atoms with Gasteiger partial charge in [0.15, 0.2) is 0 Å². The predicted octanol–water partition coefficient (Wildman–Crippen LogP) is 4.10. The molecule has 1 aromatic heterocycles. The molecule has 0 fully saturated rings. The Bertz CT molecular complexity index is 1140. The predicted molar refractivity (Wildman–Crippen MR) is 115 cm³/mol. The average Bonchev–Trinajstić information content (AvgIpc) is 3.25. The molecule has 0 saturated heterocycles. The first-order chi connectivity index (χ1) is 14.3. The second-order valence-electron chi connectivity index (χ2n) is 7.47. The highest BCUT2D eigenvalue weighted by Gasteiger charge is 2.26. The van der Waals surface area contributed by atoms with Crippen molar-refractivity contribution in [1.29, 1.82) is 0 Å². The molecule has 0 aliphatic rings. The molecule has 0 spiro atoms. The normalized spacial score (nSPS) is 10.7. The van der Waals surface area contributed by atoms with Gasteiger partial charge in [-0.05, 0) is 56.3 Å². The van der Waals surface area contributed by atoms with Crippen LogP contribution in [0.4, 0.5) is 5.69 Å². The molecule has 0 atom stereocenters. The Labute approximate surface area is 174 Å². The Morgan fingerprint density at radius 2 is 1.70 bits per heavy atom. The van der Waals surface area contributed by atoms with Crippen molar-refractivity contribution >= 4 is 17.6 Å². The number of nitrogens with one attached hydrogen (secondary N) is 1. The molecule has 0 saturated carbocycles. The van der Waals surface area contributed by atoms with E-state index in [1.54, 1.807) is 49.0 Å². The number of hydrogen-bond acceptors (Lipinski definition) is 3. The number of hydrogen-bond donors (Lipinski definition) is 3. The smallest absolute Gasteiger partial charge is 0.337 e. The number of para-hydroxylation sites is 1. The Balaban J connectivity index is 1.91. The molecule has 0 bridgehead atoms. The van der Waals surface area contributed by atoms with Gasteiger partial charge in [0, 0.05) is 35.8 Å². The molecule has 3 aromatic rings. The van der Waals surface area contributed by atoms with Crippen LogP contribution in [0.1, 0.15) is 35.3 Å². The van der Waals surface area contributed by atoms with E-state index < -0.39 is 17.4 Å². The number of rotatable bonds is 6. The van der Waals surface area contributed by atoms with Gasteiger partial charge in [0.25, 0.3) is 0 Å². The second-order valence-corrected chi connectivity index (χ2v) is 7.47. The molecule has 0 amide bonds. The first-order valence-corrected chi connectivity index (χ1v) is 9.37. The lowest BCUT2D eigenvalue weighted by molar-refractivity contribution is -0.146. The number of anilines is 1. The van der Waals surface area contributed by atoms with Gasteiger partial charge in [0.2, 0.25) is 0 Å². The van der Waals surface area contributed by atoms with Crippen molar-refractivity contribution in [3.8, 4) is 17.5 Å². The fraction of sp³-hybridized carbons (Fsp3) is 0.167. The van der Waals surface area contributed by atoms with Gasteiger partial charge >= 0.3 is 11.9 Å². The lowest BCUT2D eigenvalue weighted by Crippen LogP contribution is -2.31. The zero-order valence-corrected chi connectivity index (χ0v) is 16.7. The van der Waals surface area contributed by atoms with E-state index in [-0.39, 0.29) is 12.1 Å². The molecule has 6 heteroatoms. The van der Waals surface area contributed by atoms with E-state index in [0.29, 0.717) is 11.3 Å². The minimum absolute atomic E-state index is 0.171. The number of carbonyl (C=O) groups is 2. The van der Waals surface area contributed by atoms with Gasteiger partial charge in [-0.3, -0.25) is 4.79 Å². The van der Waals surface area contributed by atoms with Gasteiger partial charge in [-0.1, -0.05) is 24.0 Å². The number of benzene rings is 2. The van der Waals surface area contributed by atoms with Gasteiger partial charge in [0.1, 0.15) is 0 Å². The summed E-state index contributed by atoms with van der Waals surface area (Å²) in [5.74, 6) is 4.26. The standard InChI is InChI=1S/C24H22N2O4/c1-24(2,23(29)30)16-25-19-9-5-7-17(15-19)11-12-18-8-6-10-20(22(27)28)21(18)26-13-3-4-14-26/h3-10,13-15,25H,16H2,1-2H3,(H,27,28)(H,29,30). The third kappa shape index (κ3) is 4.70. The SMILES string of the molecule is CC(C)(CNc1cccc(C#Cc2cccc(C(=O)O)c2-n2cccc2)c1)C(=O)O. The van der Waals surface area contributed by atoms with Gasteiger partial charge < -0.3 is 20.1 Å². The van der Waals surface area contributed by atoms with Crippen LogP contribution in [0.15, 0.2) is 67.0 Å². The Hall–Kier alpha value is -3.98. The summed E-state index contributed by atoms with van der Waals surface area (Å²) < 4.78 is 1.74. The van der Waals surface area contributed by atoms with E-state index in [4.69, 9.17) is 0 Å². The number of aromatic carboxylic acids is 1.